The van der Waals surface area contributed by atoms with Gasteiger partial charge < -0.3 is 10.1 Å². The number of benzene rings is 2. The molecule has 3 N–H and O–H groups in total. The van der Waals surface area contributed by atoms with E-state index in [0.717, 1.165) is 42.7 Å². The van der Waals surface area contributed by atoms with Crippen molar-refractivity contribution >= 4 is 5.91 Å². The number of aryl methyl sites for hydroxylation is 1. The molecule has 144 valence electrons. The Morgan fingerprint density at radius 2 is 1.93 bits per heavy atom. The predicted octanol–water partition coefficient (Wildman–Crippen LogP) is 3.40. The van der Waals surface area contributed by atoms with Crippen LogP contribution in [0.3, 0.4) is 0 Å². The maximum absolute atomic E-state index is 12.5. The average molecular weight is 367 g/mol. The molecule has 1 amide bonds. The molecular formula is C22H29N3O2. The number of carbonyl (C=O) groups excluding carboxylic acids is 1. The Bertz CT molecular complexity index is 745. The van der Waals surface area contributed by atoms with Crippen molar-refractivity contribution < 1.29 is 9.53 Å². The zero-order chi connectivity index (χ0) is 19.1. The van der Waals surface area contributed by atoms with E-state index < -0.39 is 0 Å². The lowest BCUT2D eigenvalue weighted by Gasteiger charge is -2.12. The number of ether oxygens (including phenoxy) is 1. The molecule has 2 aromatic carbocycles. The van der Waals surface area contributed by atoms with E-state index in [0.29, 0.717) is 6.54 Å². The lowest BCUT2D eigenvalue weighted by molar-refractivity contribution is -0.123. The van der Waals surface area contributed by atoms with Crippen LogP contribution in [0.15, 0.2) is 48.5 Å². The van der Waals surface area contributed by atoms with E-state index in [1.54, 1.807) is 0 Å². The van der Waals surface area contributed by atoms with E-state index in [-0.39, 0.29) is 18.0 Å². The number of amides is 1. The number of carbonyl (C=O) groups is 1. The normalized spacial score (nSPS) is 19.0. The molecule has 0 aromatic heterocycles. The molecule has 5 heteroatoms. The largest absolute Gasteiger partial charge is 0.494 e. The van der Waals surface area contributed by atoms with Gasteiger partial charge in [0.15, 0.2) is 0 Å². The van der Waals surface area contributed by atoms with E-state index in [1.165, 1.54) is 5.56 Å². The lowest BCUT2D eigenvalue weighted by Crippen LogP contribution is -2.42. The van der Waals surface area contributed by atoms with Gasteiger partial charge in [-0.25, -0.2) is 10.9 Å². The van der Waals surface area contributed by atoms with Crippen molar-refractivity contribution in [1.29, 1.82) is 0 Å². The maximum atomic E-state index is 12.5. The van der Waals surface area contributed by atoms with Crippen molar-refractivity contribution in [3.05, 3.63) is 65.2 Å². The summed E-state index contributed by atoms with van der Waals surface area (Å²) < 4.78 is 5.71. The Hall–Kier alpha value is -2.37. The molecule has 1 fully saturated rings. The second-order valence-corrected chi connectivity index (χ2v) is 7.04. The molecule has 0 spiro atoms. The summed E-state index contributed by atoms with van der Waals surface area (Å²) in [5.41, 5.74) is 9.84. The Labute approximate surface area is 161 Å². The first kappa shape index (κ1) is 19.4. The van der Waals surface area contributed by atoms with E-state index >= 15 is 0 Å². The lowest BCUT2D eigenvalue weighted by atomic mass is 10.0. The number of hydrogen-bond acceptors (Lipinski definition) is 4. The number of nitrogens with one attached hydrogen (secondary N) is 3. The SMILES string of the molecule is CCCCOc1ccc(C2CC(C(=O)NCc3ccccc3C)NN2)cc1. The highest BCUT2D eigenvalue weighted by atomic mass is 16.5. The van der Waals surface area contributed by atoms with Gasteiger partial charge in [0.1, 0.15) is 11.8 Å². The number of rotatable bonds is 8. The van der Waals surface area contributed by atoms with Gasteiger partial charge in [0.05, 0.1) is 6.61 Å². The first-order chi connectivity index (χ1) is 13.2. The Kier molecular flexibility index (Phi) is 6.85. The third-order valence-corrected chi connectivity index (χ3v) is 4.98. The third-order valence-electron chi connectivity index (χ3n) is 4.98. The highest BCUT2D eigenvalue weighted by Gasteiger charge is 2.29. The summed E-state index contributed by atoms with van der Waals surface area (Å²) in [7, 11) is 0. The van der Waals surface area contributed by atoms with E-state index in [2.05, 4.69) is 48.2 Å². The topological polar surface area (TPSA) is 62.4 Å². The molecule has 0 radical (unpaired) electrons. The first-order valence-corrected chi connectivity index (χ1v) is 9.73. The van der Waals surface area contributed by atoms with Crippen LogP contribution >= 0.6 is 0 Å². The minimum Gasteiger partial charge on any atom is -0.494 e. The summed E-state index contributed by atoms with van der Waals surface area (Å²) in [4.78, 5) is 12.5. The molecule has 0 bridgehead atoms. The fourth-order valence-electron chi connectivity index (χ4n) is 3.19. The van der Waals surface area contributed by atoms with Gasteiger partial charge in [-0.05, 0) is 48.6 Å². The molecule has 2 atom stereocenters. The van der Waals surface area contributed by atoms with Crippen molar-refractivity contribution in [2.24, 2.45) is 0 Å². The molecule has 2 aromatic rings. The maximum Gasteiger partial charge on any atom is 0.238 e. The fraction of sp³-hybridized carbons (Fsp3) is 0.409. The Morgan fingerprint density at radius 1 is 1.15 bits per heavy atom. The summed E-state index contributed by atoms with van der Waals surface area (Å²) in [6, 6.07) is 16.1. The van der Waals surface area contributed by atoms with E-state index in [1.807, 2.05) is 30.3 Å². The van der Waals surface area contributed by atoms with Crippen LogP contribution in [0.5, 0.6) is 5.75 Å². The van der Waals surface area contributed by atoms with Crippen LogP contribution in [0.4, 0.5) is 0 Å². The summed E-state index contributed by atoms with van der Waals surface area (Å²) in [5.74, 6) is 0.915. The van der Waals surface area contributed by atoms with Crippen LogP contribution in [0.1, 0.15) is 48.9 Å². The second kappa shape index (κ2) is 9.53. The molecule has 1 aliphatic rings. The molecule has 1 saturated heterocycles. The zero-order valence-corrected chi connectivity index (χ0v) is 16.1. The standard InChI is InChI=1S/C22H29N3O2/c1-3-4-13-27-19-11-9-17(10-12-19)20-14-21(25-24-20)22(26)23-15-18-8-6-5-7-16(18)2/h5-12,20-21,24-25H,3-4,13-15H2,1-2H3,(H,23,26). The quantitative estimate of drug-likeness (QED) is 0.626. The Balaban J connectivity index is 1.49. The van der Waals surface area contributed by atoms with Gasteiger partial charge in [-0.15, -0.1) is 0 Å². The highest BCUT2D eigenvalue weighted by Crippen LogP contribution is 2.24. The molecule has 27 heavy (non-hydrogen) atoms. The molecule has 2 unspecified atom stereocenters. The van der Waals surface area contributed by atoms with Crippen molar-refractivity contribution in [2.45, 2.75) is 51.7 Å². The van der Waals surface area contributed by atoms with Crippen LogP contribution in [0.2, 0.25) is 0 Å². The fourth-order valence-corrected chi connectivity index (χ4v) is 3.19. The molecule has 0 aliphatic carbocycles. The van der Waals surface area contributed by atoms with Crippen LogP contribution in [-0.4, -0.2) is 18.6 Å². The molecule has 1 heterocycles. The summed E-state index contributed by atoms with van der Waals surface area (Å²) in [6.07, 6.45) is 2.91. The van der Waals surface area contributed by atoms with Gasteiger partial charge in [-0.2, -0.15) is 0 Å². The van der Waals surface area contributed by atoms with Crippen LogP contribution in [0.25, 0.3) is 0 Å². The summed E-state index contributed by atoms with van der Waals surface area (Å²) in [6.45, 7) is 5.52. The van der Waals surface area contributed by atoms with Gasteiger partial charge >= 0.3 is 0 Å². The minimum absolute atomic E-state index is 0.0211. The van der Waals surface area contributed by atoms with E-state index in [4.69, 9.17) is 4.74 Å². The Morgan fingerprint density at radius 3 is 2.67 bits per heavy atom. The smallest absolute Gasteiger partial charge is 0.238 e. The monoisotopic (exact) mass is 367 g/mol. The van der Waals surface area contributed by atoms with Crippen molar-refractivity contribution in [3.8, 4) is 5.75 Å². The zero-order valence-electron chi connectivity index (χ0n) is 16.1. The summed E-state index contributed by atoms with van der Waals surface area (Å²) >= 11 is 0. The molecule has 0 saturated carbocycles. The second-order valence-electron chi connectivity index (χ2n) is 7.04. The van der Waals surface area contributed by atoms with Crippen LogP contribution in [-0.2, 0) is 11.3 Å². The van der Waals surface area contributed by atoms with Crippen molar-refractivity contribution in [2.75, 3.05) is 6.61 Å². The van der Waals surface area contributed by atoms with Gasteiger partial charge in [0, 0.05) is 12.6 Å². The summed E-state index contributed by atoms with van der Waals surface area (Å²) in [5, 5.41) is 3.03. The van der Waals surface area contributed by atoms with Gasteiger partial charge in [-0.1, -0.05) is 49.7 Å². The third kappa shape index (κ3) is 5.31. The van der Waals surface area contributed by atoms with Crippen molar-refractivity contribution in [1.82, 2.24) is 16.2 Å². The highest BCUT2D eigenvalue weighted by molar-refractivity contribution is 5.82. The van der Waals surface area contributed by atoms with Gasteiger partial charge in [0.25, 0.3) is 0 Å². The average Bonchev–Trinajstić information content (AvgIpc) is 3.18. The number of hydrogen-bond donors (Lipinski definition) is 3. The molecular weight excluding hydrogens is 338 g/mol. The van der Waals surface area contributed by atoms with Crippen LogP contribution < -0.4 is 20.9 Å². The van der Waals surface area contributed by atoms with E-state index in [9.17, 15) is 4.79 Å². The minimum atomic E-state index is -0.237. The molecule has 3 rings (SSSR count). The predicted molar refractivity (Wildman–Crippen MR) is 107 cm³/mol. The number of hydrazine groups is 1. The van der Waals surface area contributed by atoms with Crippen molar-refractivity contribution in [3.63, 3.8) is 0 Å². The molecule has 5 nitrogen and oxygen atoms in total. The van der Waals surface area contributed by atoms with Crippen LogP contribution in [0, 0.1) is 6.92 Å². The number of unbranched alkanes of at least 4 members (excludes halogenated alkanes) is 1. The first-order valence-electron chi connectivity index (χ1n) is 9.73. The van der Waals surface area contributed by atoms with Gasteiger partial charge in [0.2, 0.25) is 5.91 Å². The van der Waals surface area contributed by atoms with Gasteiger partial charge in [-0.3, -0.25) is 4.79 Å². The molecule has 1 aliphatic heterocycles.